The van der Waals surface area contributed by atoms with Crippen molar-refractivity contribution < 1.29 is 4.79 Å². The second-order valence-corrected chi connectivity index (χ2v) is 3.05. The van der Waals surface area contributed by atoms with Crippen molar-refractivity contribution in [3.05, 3.63) is 0 Å². The largest absolute Gasteiger partial charge is 0.344 e. The third-order valence-corrected chi connectivity index (χ3v) is 2.42. The van der Waals surface area contributed by atoms with E-state index >= 15 is 0 Å². The molecule has 0 N–H and O–H groups in total. The molecule has 1 saturated heterocycles. The zero-order chi connectivity index (χ0) is 9.14. The van der Waals surface area contributed by atoms with Gasteiger partial charge in [0.15, 0.2) is 7.98 Å². The number of carbonyl (C=O) groups excluding carboxylic acids is 1. The van der Waals surface area contributed by atoms with Crippen LogP contribution in [0.4, 0.5) is 0 Å². The molecule has 1 aliphatic rings. The molecule has 1 unspecified atom stereocenters. The minimum atomic E-state index is -0.0741. The molecule has 1 atom stereocenters. The van der Waals surface area contributed by atoms with Crippen molar-refractivity contribution in [1.82, 2.24) is 9.71 Å². The molecule has 0 aromatic rings. The van der Waals surface area contributed by atoms with Crippen molar-refractivity contribution in [3.8, 4) is 0 Å². The zero-order valence-electron chi connectivity index (χ0n) is 7.79. The maximum atomic E-state index is 11.5. The first-order valence-corrected chi connectivity index (χ1v) is 4.50. The lowest BCUT2D eigenvalue weighted by Gasteiger charge is -2.22. The summed E-state index contributed by atoms with van der Waals surface area (Å²) in [6.07, 6.45) is 0.872. The van der Waals surface area contributed by atoms with Gasteiger partial charge in [-0.15, -0.1) is 0 Å². The SMILES string of the molecule is [B]N(CC)C1CCN(CC)C1=O. The van der Waals surface area contributed by atoms with E-state index in [4.69, 9.17) is 7.98 Å². The van der Waals surface area contributed by atoms with Crippen LogP contribution in [0.25, 0.3) is 0 Å². The average molecular weight is 166 g/mol. The number of hydrogen-bond donors (Lipinski definition) is 0. The van der Waals surface area contributed by atoms with Gasteiger partial charge in [-0.2, -0.15) is 0 Å². The quantitative estimate of drug-likeness (QED) is 0.551. The number of hydrogen-bond acceptors (Lipinski definition) is 2. The summed E-state index contributed by atoms with van der Waals surface area (Å²) in [6.45, 7) is 6.34. The molecule has 66 valence electrons. The molecule has 0 aromatic carbocycles. The average Bonchev–Trinajstić information content (AvgIpc) is 2.45. The van der Waals surface area contributed by atoms with Gasteiger partial charge < -0.3 is 9.71 Å². The summed E-state index contributed by atoms with van der Waals surface area (Å²) in [7, 11) is 5.67. The first kappa shape index (κ1) is 9.58. The van der Waals surface area contributed by atoms with E-state index in [0.29, 0.717) is 0 Å². The van der Waals surface area contributed by atoms with Crippen LogP contribution < -0.4 is 0 Å². The van der Waals surface area contributed by atoms with E-state index in [1.54, 1.807) is 4.81 Å². The Labute approximate surface area is 75.1 Å². The van der Waals surface area contributed by atoms with E-state index in [2.05, 4.69) is 0 Å². The van der Waals surface area contributed by atoms with Crippen LogP contribution in [0.5, 0.6) is 0 Å². The Hall–Kier alpha value is -0.505. The maximum Gasteiger partial charge on any atom is 0.238 e. The van der Waals surface area contributed by atoms with Gasteiger partial charge in [0.2, 0.25) is 5.91 Å². The molecular weight excluding hydrogens is 151 g/mol. The second-order valence-electron chi connectivity index (χ2n) is 3.05. The molecule has 0 spiro atoms. The van der Waals surface area contributed by atoms with Gasteiger partial charge in [0.25, 0.3) is 0 Å². The van der Waals surface area contributed by atoms with E-state index in [9.17, 15) is 4.79 Å². The molecule has 4 heteroatoms. The maximum absolute atomic E-state index is 11.5. The van der Waals surface area contributed by atoms with Crippen molar-refractivity contribution in [2.75, 3.05) is 19.6 Å². The number of likely N-dealkylation sites (N-methyl/N-ethyl adjacent to an activating group) is 2. The first-order chi connectivity index (χ1) is 5.70. The fourth-order valence-corrected chi connectivity index (χ4v) is 1.56. The van der Waals surface area contributed by atoms with Crippen LogP contribution in [0.15, 0.2) is 0 Å². The molecule has 1 aliphatic heterocycles. The van der Waals surface area contributed by atoms with Gasteiger partial charge in [-0.3, -0.25) is 4.79 Å². The topological polar surface area (TPSA) is 23.6 Å². The minimum Gasteiger partial charge on any atom is -0.344 e. The van der Waals surface area contributed by atoms with Crippen LogP contribution in [-0.2, 0) is 4.79 Å². The molecule has 0 bridgehead atoms. The van der Waals surface area contributed by atoms with Crippen LogP contribution >= 0.6 is 0 Å². The predicted octanol–water partition coefficient (Wildman–Crippen LogP) is 0.0126. The van der Waals surface area contributed by atoms with Crippen molar-refractivity contribution in [3.63, 3.8) is 0 Å². The summed E-state index contributed by atoms with van der Waals surface area (Å²) < 4.78 is 0. The van der Waals surface area contributed by atoms with E-state index in [0.717, 1.165) is 26.1 Å². The van der Waals surface area contributed by atoms with Gasteiger partial charge >= 0.3 is 0 Å². The molecule has 1 fully saturated rings. The second kappa shape index (κ2) is 3.94. The highest BCUT2D eigenvalue weighted by Crippen LogP contribution is 2.14. The van der Waals surface area contributed by atoms with Crippen LogP contribution in [-0.4, -0.2) is 49.3 Å². The van der Waals surface area contributed by atoms with Gasteiger partial charge in [-0.25, -0.2) is 0 Å². The van der Waals surface area contributed by atoms with Crippen molar-refractivity contribution in [1.29, 1.82) is 0 Å². The Bertz CT molecular complexity index is 174. The number of rotatable bonds is 3. The molecule has 0 saturated carbocycles. The molecule has 1 heterocycles. The Morgan fingerprint density at radius 3 is 2.75 bits per heavy atom. The van der Waals surface area contributed by atoms with Crippen molar-refractivity contribution in [2.45, 2.75) is 26.3 Å². The number of amides is 1. The highest BCUT2D eigenvalue weighted by atomic mass is 16.2. The van der Waals surface area contributed by atoms with Gasteiger partial charge in [-0.05, 0) is 19.9 Å². The zero-order valence-corrected chi connectivity index (χ0v) is 7.79. The van der Waals surface area contributed by atoms with Crippen LogP contribution in [0, 0.1) is 0 Å². The lowest BCUT2D eigenvalue weighted by atomic mass is 10.1. The third-order valence-electron chi connectivity index (χ3n) is 2.42. The highest BCUT2D eigenvalue weighted by Gasteiger charge is 2.31. The number of carbonyl (C=O) groups is 1. The molecule has 3 nitrogen and oxygen atoms in total. The van der Waals surface area contributed by atoms with E-state index in [-0.39, 0.29) is 11.9 Å². The summed E-state index contributed by atoms with van der Waals surface area (Å²) in [6, 6.07) is -0.0741. The molecular formula is C8H15BN2O. The molecule has 1 amide bonds. The van der Waals surface area contributed by atoms with E-state index in [1.165, 1.54) is 0 Å². The van der Waals surface area contributed by atoms with Crippen LogP contribution in [0.1, 0.15) is 20.3 Å². The summed E-state index contributed by atoms with van der Waals surface area (Å²) >= 11 is 0. The Kier molecular flexibility index (Phi) is 3.15. The summed E-state index contributed by atoms with van der Waals surface area (Å²) in [5.41, 5.74) is 0. The van der Waals surface area contributed by atoms with Gasteiger partial charge in [0.1, 0.15) is 0 Å². The van der Waals surface area contributed by atoms with Crippen molar-refractivity contribution in [2.24, 2.45) is 0 Å². The summed E-state index contributed by atoms with van der Waals surface area (Å²) in [5, 5.41) is 0. The smallest absolute Gasteiger partial charge is 0.238 e. The fraction of sp³-hybridized carbons (Fsp3) is 0.875. The lowest BCUT2D eigenvalue weighted by molar-refractivity contribution is -0.130. The van der Waals surface area contributed by atoms with Crippen LogP contribution in [0.2, 0.25) is 0 Å². The normalized spacial score (nSPS) is 24.1. The van der Waals surface area contributed by atoms with E-state index in [1.807, 2.05) is 18.7 Å². The number of nitrogens with zero attached hydrogens (tertiary/aromatic N) is 2. The highest BCUT2D eigenvalue weighted by molar-refractivity contribution is 6.07. The van der Waals surface area contributed by atoms with Gasteiger partial charge in [-0.1, -0.05) is 6.92 Å². The lowest BCUT2D eigenvalue weighted by Crippen LogP contribution is -2.40. The molecule has 1 rings (SSSR count). The predicted molar refractivity (Wildman–Crippen MR) is 48.8 cm³/mol. The summed E-state index contributed by atoms with van der Waals surface area (Å²) in [5.74, 6) is 0.182. The fourth-order valence-electron chi connectivity index (χ4n) is 1.56. The molecule has 2 radical (unpaired) electrons. The van der Waals surface area contributed by atoms with Gasteiger partial charge in [0, 0.05) is 13.1 Å². The summed E-state index contributed by atoms with van der Waals surface area (Å²) in [4.78, 5) is 15.0. The molecule has 0 aromatic heterocycles. The Morgan fingerprint density at radius 2 is 2.33 bits per heavy atom. The molecule has 0 aliphatic carbocycles. The van der Waals surface area contributed by atoms with E-state index < -0.39 is 0 Å². The van der Waals surface area contributed by atoms with Crippen molar-refractivity contribution >= 4 is 13.9 Å². The standard InChI is InChI=1S/C8H15BN2O/c1-3-10-6-5-7(8(10)12)11(9)4-2/h7H,3-6H2,1-2H3. The van der Waals surface area contributed by atoms with Crippen LogP contribution in [0.3, 0.4) is 0 Å². The monoisotopic (exact) mass is 166 g/mol. The van der Waals surface area contributed by atoms with Gasteiger partial charge in [0.05, 0.1) is 6.04 Å². The minimum absolute atomic E-state index is 0.0741. The Morgan fingerprint density at radius 1 is 1.67 bits per heavy atom. The first-order valence-electron chi connectivity index (χ1n) is 4.50. The number of likely N-dealkylation sites (tertiary alicyclic amines) is 1. The molecule has 12 heavy (non-hydrogen) atoms. The third kappa shape index (κ3) is 1.63. The Balaban J connectivity index is 2.54.